The lowest BCUT2D eigenvalue weighted by Gasteiger charge is -2.30. The zero-order valence-electron chi connectivity index (χ0n) is 7.15. The van der Waals surface area contributed by atoms with Crippen molar-refractivity contribution in [1.82, 2.24) is 4.90 Å². The van der Waals surface area contributed by atoms with E-state index < -0.39 is 0 Å². The van der Waals surface area contributed by atoms with Crippen LogP contribution in [0.4, 0.5) is 4.39 Å². The van der Waals surface area contributed by atoms with E-state index in [4.69, 9.17) is 0 Å². The smallest absolute Gasteiger partial charge is 0.105 e. The lowest BCUT2D eigenvalue weighted by molar-refractivity contribution is 0.147. The van der Waals surface area contributed by atoms with Gasteiger partial charge < -0.3 is 0 Å². The van der Waals surface area contributed by atoms with Gasteiger partial charge in [0.2, 0.25) is 0 Å². The molecule has 2 aliphatic rings. The summed E-state index contributed by atoms with van der Waals surface area (Å²) in [5, 5.41) is 0. The van der Waals surface area contributed by atoms with Crippen LogP contribution in [0.2, 0.25) is 0 Å². The molecular formula is C9H16FN. The van der Waals surface area contributed by atoms with Crippen LogP contribution in [0.3, 0.4) is 0 Å². The minimum Gasteiger partial charge on any atom is -0.292 e. The van der Waals surface area contributed by atoms with Gasteiger partial charge in [0.15, 0.2) is 0 Å². The molecule has 0 saturated carbocycles. The summed E-state index contributed by atoms with van der Waals surface area (Å²) >= 11 is 0. The van der Waals surface area contributed by atoms with E-state index in [9.17, 15) is 4.39 Å². The fraction of sp³-hybridized carbons (Fsp3) is 1.00. The first-order valence-electron chi connectivity index (χ1n) is 4.59. The van der Waals surface area contributed by atoms with E-state index in [1.807, 2.05) is 0 Å². The third-order valence-electron chi connectivity index (χ3n) is 3.44. The summed E-state index contributed by atoms with van der Waals surface area (Å²) in [4.78, 5) is 2.38. The van der Waals surface area contributed by atoms with Crippen LogP contribution in [0.1, 0.15) is 32.6 Å². The predicted octanol–water partition coefficient (Wildman–Crippen LogP) is 1.97. The highest BCUT2D eigenvalue weighted by Crippen LogP contribution is 2.41. The summed E-state index contributed by atoms with van der Waals surface area (Å²) in [5.41, 5.74) is 0.372. The van der Waals surface area contributed by atoms with Crippen molar-refractivity contribution in [2.24, 2.45) is 0 Å². The van der Waals surface area contributed by atoms with Crippen molar-refractivity contribution in [2.75, 3.05) is 13.2 Å². The second-order valence-corrected chi connectivity index (χ2v) is 4.14. The predicted molar refractivity (Wildman–Crippen MR) is 43.3 cm³/mol. The molecule has 2 atom stereocenters. The first-order valence-corrected chi connectivity index (χ1v) is 4.59. The summed E-state index contributed by atoms with van der Waals surface area (Å²) in [5.74, 6) is 0. The van der Waals surface area contributed by atoms with Gasteiger partial charge in [-0.15, -0.1) is 0 Å². The SMILES string of the molecule is CC12CCCN1C(CF)CC2. The van der Waals surface area contributed by atoms with Crippen LogP contribution in [0, 0.1) is 0 Å². The average Bonchev–Trinajstić information content (AvgIpc) is 2.45. The molecule has 2 heterocycles. The monoisotopic (exact) mass is 157 g/mol. The van der Waals surface area contributed by atoms with Gasteiger partial charge in [0, 0.05) is 11.6 Å². The van der Waals surface area contributed by atoms with Gasteiger partial charge in [-0.25, -0.2) is 4.39 Å². The Bertz CT molecular complexity index is 160. The van der Waals surface area contributed by atoms with Crippen molar-refractivity contribution >= 4 is 0 Å². The first kappa shape index (κ1) is 7.53. The Morgan fingerprint density at radius 3 is 3.09 bits per heavy atom. The van der Waals surface area contributed by atoms with Gasteiger partial charge in [0.05, 0.1) is 0 Å². The van der Waals surface area contributed by atoms with Crippen molar-refractivity contribution < 1.29 is 4.39 Å². The molecule has 0 bridgehead atoms. The van der Waals surface area contributed by atoms with Crippen molar-refractivity contribution in [3.63, 3.8) is 0 Å². The van der Waals surface area contributed by atoms with E-state index in [-0.39, 0.29) is 12.7 Å². The molecule has 64 valence electrons. The fourth-order valence-electron chi connectivity index (χ4n) is 2.73. The number of hydrogen-bond acceptors (Lipinski definition) is 1. The summed E-state index contributed by atoms with van der Waals surface area (Å²) in [6.07, 6.45) is 4.84. The zero-order valence-corrected chi connectivity index (χ0v) is 7.15. The summed E-state index contributed by atoms with van der Waals surface area (Å²) < 4.78 is 12.5. The number of alkyl halides is 1. The van der Waals surface area contributed by atoms with Crippen molar-refractivity contribution in [3.05, 3.63) is 0 Å². The minimum atomic E-state index is -0.143. The molecule has 0 aromatic carbocycles. The van der Waals surface area contributed by atoms with Gasteiger partial charge in [-0.1, -0.05) is 0 Å². The summed E-state index contributed by atoms with van der Waals surface area (Å²) in [7, 11) is 0. The average molecular weight is 157 g/mol. The molecule has 0 radical (unpaired) electrons. The molecule has 0 aromatic rings. The molecular weight excluding hydrogens is 141 g/mol. The second-order valence-electron chi connectivity index (χ2n) is 4.14. The fourth-order valence-corrected chi connectivity index (χ4v) is 2.73. The molecule has 0 spiro atoms. The van der Waals surface area contributed by atoms with E-state index in [0.29, 0.717) is 5.54 Å². The highest BCUT2D eigenvalue weighted by Gasteiger charge is 2.45. The van der Waals surface area contributed by atoms with Crippen LogP contribution in [-0.2, 0) is 0 Å². The van der Waals surface area contributed by atoms with Crippen molar-refractivity contribution in [2.45, 2.75) is 44.2 Å². The Labute approximate surface area is 67.6 Å². The third-order valence-corrected chi connectivity index (χ3v) is 3.44. The maximum Gasteiger partial charge on any atom is 0.105 e. The molecule has 2 rings (SSSR count). The van der Waals surface area contributed by atoms with Crippen LogP contribution < -0.4 is 0 Å². The number of nitrogens with zero attached hydrogens (tertiary/aromatic N) is 1. The van der Waals surface area contributed by atoms with Crippen LogP contribution >= 0.6 is 0 Å². The molecule has 1 nitrogen and oxygen atoms in total. The maximum absolute atomic E-state index is 12.5. The molecule has 2 heteroatoms. The van der Waals surface area contributed by atoms with Crippen molar-refractivity contribution in [1.29, 1.82) is 0 Å². The number of hydrogen-bond donors (Lipinski definition) is 0. The van der Waals surface area contributed by atoms with Crippen LogP contribution in [0.15, 0.2) is 0 Å². The second kappa shape index (κ2) is 2.44. The molecule has 0 N–H and O–H groups in total. The Morgan fingerprint density at radius 1 is 1.55 bits per heavy atom. The van der Waals surface area contributed by atoms with Gasteiger partial charge in [-0.05, 0) is 39.2 Å². The standard InChI is InChI=1S/C9H16FN/c1-9-4-2-6-11(9)8(7-10)3-5-9/h8H,2-7H2,1H3. The van der Waals surface area contributed by atoms with E-state index in [1.165, 1.54) is 19.3 Å². The lowest BCUT2D eigenvalue weighted by atomic mass is 9.97. The molecule has 0 aliphatic carbocycles. The van der Waals surface area contributed by atoms with Crippen LogP contribution in [0.25, 0.3) is 0 Å². The maximum atomic E-state index is 12.5. The van der Waals surface area contributed by atoms with Crippen molar-refractivity contribution in [3.8, 4) is 0 Å². The molecule has 2 saturated heterocycles. The molecule has 2 unspecified atom stereocenters. The Morgan fingerprint density at radius 2 is 2.36 bits per heavy atom. The van der Waals surface area contributed by atoms with Gasteiger partial charge in [-0.2, -0.15) is 0 Å². The topological polar surface area (TPSA) is 3.24 Å². The third kappa shape index (κ3) is 0.994. The van der Waals surface area contributed by atoms with Gasteiger partial charge in [-0.3, -0.25) is 4.90 Å². The summed E-state index contributed by atoms with van der Waals surface area (Å²) in [6, 6.07) is 0.252. The van der Waals surface area contributed by atoms with Crippen LogP contribution in [-0.4, -0.2) is 29.7 Å². The number of fused-ring (bicyclic) bond motifs is 1. The quantitative estimate of drug-likeness (QED) is 0.562. The van der Waals surface area contributed by atoms with E-state index in [1.54, 1.807) is 0 Å². The lowest BCUT2D eigenvalue weighted by Crippen LogP contribution is -2.40. The van der Waals surface area contributed by atoms with Gasteiger partial charge in [0.25, 0.3) is 0 Å². The number of halogens is 1. The highest BCUT2D eigenvalue weighted by molar-refractivity contribution is 5.01. The van der Waals surface area contributed by atoms with E-state index in [0.717, 1.165) is 13.0 Å². The Hall–Kier alpha value is -0.110. The van der Waals surface area contributed by atoms with E-state index in [2.05, 4.69) is 11.8 Å². The molecule has 0 amide bonds. The van der Waals surface area contributed by atoms with E-state index >= 15 is 0 Å². The molecule has 2 aliphatic heterocycles. The minimum absolute atomic E-state index is 0.143. The van der Waals surface area contributed by atoms with Gasteiger partial charge in [0.1, 0.15) is 6.67 Å². The van der Waals surface area contributed by atoms with Gasteiger partial charge >= 0.3 is 0 Å². The summed E-state index contributed by atoms with van der Waals surface area (Å²) in [6.45, 7) is 3.27. The first-order chi connectivity index (χ1) is 5.26. The largest absolute Gasteiger partial charge is 0.292 e. The zero-order chi connectivity index (χ0) is 7.90. The normalized spacial score (nSPS) is 44.7. The highest BCUT2D eigenvalue weighted by atomic mass is 19.1. The molecule has 0 aromatic heterocycles. The molecule has 11 heavy (non-hydrogen) atoms. The Kier molecular flexibility index (Phi) is 1.67. The van der Waals surface area contributed by atoms with Crippen LogP contribution in [0.5, 0.6) is 0 Å². The Balaban J connectivity index is 2.13. The molecule has 2 fully saturated rings. The number of rotatable bonds is 1.